The molecule has 0 spiro atoms. The van der Waals surface area contributed by atoms with Gasteiger partial charge in [0.2, 0.25) is 0 Å². The Kier molecular flexibility index (Phi) is 3.20. The summed E-state index contributed by atoms with van der Waals surface area (Å²) in [4.78, 5) is 7.70. The summed E-state index contributed by atoms with van der Waals surface area (Å²) in [5.41, 5.74) is 4.32. The maximum absolute atomic E-state index is 2.54. The Morgan fingerprint density at radius 3 is 2.71 bits per heavy atom. The number of hydrogen-bond acceptors (Lipinski definition) is 3. The summed E-state index contributed by atoms with van der Waals surface area (Å²) in [5, 5.41) is 0. The third-order valence-electron chi connectivity index (χ3n) is 4.60. The van der Waals surface area contributed by atoms with Crippen molar-refractivity contribution < 1.29 is 0 Å². The lowest BCUT2D eigenvalue weighted by Gasteiger charge is -2.33. The molecular formula is C18H20N2S. The van der Waals surface area contributed by atoms with Gasteiger partial charge in [-0.3, -0.25) is 0 Å². The minimum atomic E-state index is 0.624. The van der Waals surface area contributed by atoms with E-state index in [4.69, 9.17) is 0 Å². The SMILES string of the molecule is CN(C)[C@@H]1CCN2c3ccccc3Sc3cccc(c32)C1. The van der Waals surface area contributed by atoms with Gasteiger partial charge in [0.1, 0.15) is 0 Å². The molecule has 21 heavy (non-hydrogen) atoms. The Hall–Kier alpha value is -1.45. The van der Waals surface area contributed by atoms with Gasteiger partial charge in [0.25, 0.3) is 0 Å². The molecule has 0 bridgehead atoms. The van der Waals surface area contributed by atoms with Crippen LogP contribution >= 0.6 is 11.8 Å². The van der Waals surface area contributed by atoms with E-state index in [1.807, 2.05) is 11.8 Å². The van der Waals surface area contributed by atoms with Crippen molar-refractivity contribution >= 4 is 23.1 Å². The number of likely N-dealkylation sites (N-methyl/N-ethyl adjacent to an activating group) is 1. The highest BCUT2D eigenvalue weighted by Gasteiger charge is 2.30. The molecule has 0 fully saturated rings. The van der Waals surface area contributed by atoms with Gasteiger partial charge in [-0.25, -0.2) is 0 Å². The van der Waals surface area contributed by atoms with Gasteiger partial charge in [0.15, 0.2) is 0 Å². The largest absolute Gasteiger partial charge is 0.339 e. The molecule has 2 aromatic carbocycles. The van der Waals surface area contributed by atoms with E-state index < -0.39 is 0 Å². The van der Waals surface area contributed by atoms with Crippen molar-refractivity contribution in [1.29, 1.82) is 0 Å². The molecule has 0 aromatic heterocycles. The van der Waals surface area contributed by atoms with E-state index in [1.165, 1.54) is 33.2 Å². The first kappa shape index (κ1) is 13.2. The first-order chi connectivity index (χ1) is 10.2. The molecule has 108 valence electrons. The van der Waals surface area contributed by atoms with Gasteiger partial charge >= 0.3 is 0 Å². The third kappa shape index (κ3) is 2.16. The van der Waals surface area contributed by atoms with Crippen LogP contribution in [0.3, 0.4) is 0 Å². The van der Waals surface area contributed by atoms with Crippen LogP contribution in [-0.4, -0.2) is 31.6 Å². The molecule has 1 atom stereocenters. The Morgan fingerprint density at radius 2 is 1.86 bits per heavy atom. The number of nitrogens with zero attached hydrogens (tertiary/aromatic N) is 2. The van der Waals surface area contributed by atoms with Gasteiger partial charge in [-0.15, -0.1) is 0 Å². The molecule has 0 amide bonds. The van der Waals surface area contributed by atoms with Crippen LogP contribution in [0.25, 0.3) is 0 Å². The average Bonchev–Trinajstić information content (AvgIpc) is 2.69. The highest BCUT2D eigenvalue weighted by Crippen LogP contribution is 2.50. The maximum Gasteiger partial charge on any atom is 0.0585 e. The Morgan fingerprint density at radius 1 is 1.05 bits per heavy atom. The van der Waals surface area contributed by atoms with Crippen LogP contribution < -0.4 is 4.90 Å². The van der Waals surface area contributed by atoms with Gasteiger partial charge < -0.3 is 9.80 Å². The number of hydrogen-bond donors (Lipinski definition) is 0. The summed E-state index contributed by atoms with van der Waals surface area (Å²) in [6.45, 7) is 1.10. The summed E-state index contributed by atoms with van der Waals surface area (Å²) >= 11 is 1.91. The molecule has 0 unspecified atom stereocenters. The van der Waals surface area contributed by atoms with E-state index in [0.717, 1.165) is 13.0 Å². The fourth-order valence-corrected chi connectivity index (χ4v) is 4.58. The van der Waals surface area contributed by atoms with Gasteiger partial charge in [-0.1, -0.05) is 36.0 Å². The van der Waals surface area contributed by atoms with Crippen molar-refractivity contribution in [2.24, 2.45) is 0 Å². The van der Waals surface area contributed by atoms with Crippen LogP contribution in [0, 0.1) is 0 Å². The van der Waals surface area contributed by atoms with Crippen molar-refractivity contribution in [2.45, 2.75) is 28.7 Å². The van der Waals surface area contributed by atoms with Crippen LogP contribution in [0.15, 0.2) is 52.3 Å². The second kappa shape index (κ2) is 5.08. The van der Waals surface area contributed by atoms with E-state index >= 15 is 0 Å². The Labute approximate surface area is 130 Å². The lowest BCUT2D eigenvalue weighted by Crippen LogP contribution is -2.31. The summed E-state index contributed by atoms with van der Waals surface area (Å²) < 4.78 is 0. The summed E-state index contributed by atoms with van der Waals surface area (Å²) in [6.07, 6.45) is 2.36. The maximum atomic E-state index is 2.54. The monoisotopic (exact) mass is 296 g/mol. The van der Waals surface area contributed by atoms with Crippen molar-refractivity contribution in [3.05, 3.63) is 48.0 Å². The average molecular weight is 296 g/mol. The highest BCUT2D eigenvalue weighted by molar-refractivity contribution is 7.99. The Bertz CT molecular complexity index is 681. The summed E-state index contributed by atoms with van der Waals surface area (Å²) in [5.74, 6) is 0. The van der Waals surface area contributed by atoms with Gasteiger partial charge in [-0.05, 0) is 50.7 Å². The molecule has 0 radical (unpaired) electrons. The molecule has 3 heteroatoms. The number of para-hydroxylation sites is 2. The second-order valence-corrected chi connectivity index (χ2v) is 7.18. The molecule has 2 aliphatic heterocycles. The molecular weight excluding hydrogens is 276 g/mol. The lowest BCUT2D eigenvalue weighted by molar-refractivity contribution is 0.283. The number of fused-ring (bicyclic) bond motifs is 2. The van der Waals surface area contributed by atoms with Crippen LogP contribution in [0.2, 0.25) is 0 Å². The first-order valence-corrected chi connectivity index (χ1v) is 8.38. The molecule has 2 heterocycles. The molecule has 0 saturated heterocycles. The predicted molar refractivity (Wildman–Crippen MR) is 89.8 cm³/mol. The zero-order valence-electron chi connectivity index (χ0n) is 12.5. The molecule has 2 nitrogen and oxygen atoms in total. The highest BCUT2D eigenvalue weighted by atomic mass is 32.2. The van der Waals surface area contributed by atoms with Crippen molar-refractivity contribution in [3.63, 3.8) is 0 Å². The smallest absolute Gasteiger partial charge is 0.0585 e. The van der Waals surface area contributed by atoms with Gasteiger partial charge in [0, 0.05) is 22.4 Å². The van der Waals surface area contributed by atoms with Crippen molar-refractivity contribution in [3.8, 4) is 0 Å². The molecule has 0 saturated carbocycles. The third-order valence-corrected chi connectivity index (χ3v) is 5.71. The van der Waals surface area contributed by atoms with Crippen LogP contribution in [0.5, 0.6) is 0 Å². The molecule has 4 rings (SSSR count). The topological polar surface area (TPSA) is 6.48 Å². The Balaban J connectivity index is 1.86. The van der Waals surface area contributed by atoms with Crippen molar-refractivity contribution in [1.82, 2.24) is 4.90 Å². The first-order valence-electron chi connectivity index (χ1n) is 7.57. The zero-order chi connectivity index (χ0) is 14.4. The van der Waals surface area contributed by atoms with Gasteiger partial charge in [0.05, 0.1) is 11.4 Å². The standard InChI is InChI=1S/C18H20N2S/c1-19(2)14-10-11-20-15-7-3-4-8-16(15)21-17-9-5-6-13(12-14)18(17)20/h3-9,14H,10-12H2,1-2H3/t14-/m1/s1. The van der Waals surface area contributed by atoms with Crippen LogP contribution in [0.1, 0.15) is 12.0 Å². The quantitative estimate of drug-likeness (QED) is 0.780. The van der Waals surface area contributed by atoms with Crippen LogP contribution in [-0.2, 0) is 6.42 Å². The fourth-order valence-electron chi connectivity index (χ4n) is 3.43. The minimum absolute atomic E-state index is 0.624. The molecule has 0 aliphatic carbocycles. The van der Waals surface area contributed by atoms with Gasteiger partial charge in [-0.2, -0.15) is 0 Å². The van der Waals surface area contributed by atoms with E-state index in [1.54, 1.807) is 0 Å². The number of anilines is 2. The number of rotatable bonds is 1. The second-order valence-electron chi connectivity index (χ2n) is 6.10. The zero-order valence-corrected chi connectivity index (χ0v) is 13.4. The van der Waals surface area contributed by atoms with E-state index in [0.29, 0.717) is 6.04 Å². The molecule has 2 aliphatic rings. The van der Waals surface area contributed by atoms with E-state index in [9.17, 15) is 0 Å². The fraction of sp³-hybridized carbons (Fsp3) is 0.333. The van der Waals surface area contributed by atoms with Crippen LogP contribution in [0.4, 0.5) is 11.4 Å². The number of benzene rings is 2. The minimum Gasteiger partial charge on any atom is -0.339 e. The molecule has 2 aromatic rings. The van der Waals surface area contributed by atoms with E-state index in [-0.39, 0.29) is 0 Å². The van der Waals surface area contributed by atoms with E-state index in [2.05, 4.69) is 66.4 Å². The predicted octanol–water partition coefficient (Wildman–Crippen LogP) is 4.17. The normalized spacial score (nSPS) is 20.0. The molecule has 0 N–H and O–H groups in total. The lowest BCUT2D eigenvalue weighted by atomic mass is 10.0. The van der Waals surface area contributed by atoms with Crippen molar-refractivity contribution in [2.75, 3.05) is 25.5 Å². The summed E-state index contributed by atoms with van der Waals surface area (Å²) in [7, 11) is 4.40. The summed E-state index contributed by atoms with van der Waals surface area (Å²) in [6, 6.07) is 16.2.